The van der Waals surface area contributed by atoms with Gasteiger partial charge in [-0.3, -0.25) is 4.98 Å². The zero-order valence-corrected chi connectivity index (χ0v) is 21.0. The lowest BCUT2D eigenvalue weighted by atomic mass is 9.97. The van der Waals surface area contributed by atoms with E-state index in [1.54, 1.807) is 6.20 Å². The average molecular weight is 502 g/mol. The van der Waals surface area contributed by atoms with Gasteiger partial charge < -0.3 is 4.42 Å². The number of aromatic nitrogens is 3. The maximum Gasteiger partial charge on any atom is 0.160 e. The molecule has 0 unspecified atom stereocenters. The van der Waals surface area contributed by atoms with Crippen molar-refractivity contribution in [1.82, 2.24) is 15.0 Å². The minimum Gasteiger partial charge on any atom is -0.454 e. The molecular weight excluding hydrogens is 478 g/mol. The molecule has 4 aromatic carbocycles. The quantitative estimate of drug-likeness (QED) is 0.236. The van der Waals surface area contributed by atoms with Crippen molar-refractivity contribution >= 4 is 11.0 Å². The number of hydrogen-bond donors (Lipinski definition) is 0. The second-order valence-corrected chi connectivity index (χ2v) is 9.34. The van der Waals surface area contributed by atoms with Crippen LogP contribution < -0.4 is 0 Å². The van der Waals surface area contributed by atoms with Crippen LogP contribution >= 0.6 is 0 Å². The molecule has 0 aliphatic heterocycles. The Hall–Kier alpha value is -5.35. The molecule has 0 radical (unpaired) electrons. The van der Waals surface area contributed by atoms with Crippen molar-refractivity contribution in [3.8, 4) is 56.4 Å². The molecule has 0 saturated heterocycles. The topological polar surface area (TPSA) is 51.8 Å². The molecule has 7 rings (SSSR count). The lowest BCUT2D eigenvalue weighted by Crippen LogP contribution is -1.96. The van der Waals surface area contributed by atoms with Gasteiger partial charge in [-0.05, 0) is 46.5 Å². The number of nitrogens with zero attached hydrogens (tertiary/aromatic N) is 3. The summed E-state index contributed by atoms with van der Waals surface area (Å²) in [7, 11) is 0. The summed E-state index contributed by atoms with van der Waals surface area (Å²) in [6.45, 7) is 0. The number of rotatable bonds is 5. The molecule has 3 aromatic heterocycles. The van der Waals surface area contributed by atoms with Crippen LogP contribution in [0.2, 0.25) is 0 Å². The number of para-hydroxylation sites is 1. The summed E-state index contributed by atoms with van der Waals surface area (Å²) in [4.78, 5) is 14.3. The molecule has 4 heteroatoms. The highest BCUT2D eigenvalue weighted by atomic mass is 16.3. The Bertz CT molecular complexity index is 1860. The highest BCUT2D eigenvalue weighted by Gasteiger charge is 2.16. The monoisotopic (exact) mass is 501 g/mol. The molecule has 0 aliphatic carbocycles. The molecule has 0 atom stereocenters. The third kappa shape index (κ3) is 4.49. The van der Waals surface area contributed by atoms with Crippen molar-refractivity contribution in [1.29, 1.82) is 0 Å². The SMILES string of the molecule is c1ccc(-c2ccccc2-c2cc(-c3cc4ccccc4o3)nc(-c3ccc(-c4cccnc4)cc3)n2)cc1. The van der Waals surface area contributed by atoms with Crippen molar-refractivity contribution in [2.75, 3.05) is 0 Å². The smallest absolute Gasteiger partial charge is 0.160 e. The van der Waals surface area contributed by atoms with Gasteiger partial charge in [0.15, 0.2) is 11.6 Å². The Morgan fingerprint density at radius 2 is 1.18 bits per heavy atom. The normalized spacial score (nSPS) is 11.1. The summed E-state index contributed by atoms with van der Waals surface area (Å²) >= 11 is 0. The van der Waals surface area contributed by atoms with E-state index in [0.29, 0.717) is 11.6 Å². The van der Waals surface area contributed by atoms with Gasteiger partial charge in [0.1, 0.15) is 11.3 Å². The van der Waals surface area contributed by atoms with Gasteiger partial charge in [0.25, 0.3) is 0 Å². The van der Waals surface area contributed by atoms with E-state index >= 15 is 0 Å². The van der Waals surface area contributed by atoms with Gasteiger partial charge in [-0.1, -0.05) is 103 Å². The van der Waals surface area contributed by atoms with Crippen LogP contribution in [0.3, 0.4) is 0 Å². The van der Waals surface area contributed by atoms with Gasteiger partial charge in [-0.15, -0.1) is 0 Å². The average Bonchev–Trinajstić information content (AvgIpc) is 3.47. The first kappa shape index (κ1) is 22.8. The molecule has 3 heterocycles. The predicted octanol–water partition coefficient (Wildman–Crippen LogP) is 8.95. The lowest BCUT2D eigenvalue weighted by Gasteiger charge is -2.12. The van der Waals surface area contributed by atoms with E-state index in [1.165, 1.54) is 0 Å². The molecule has 0 spiro atoms. The van der Waals surface area contributed by atoms with Crippen LogP contribution in [0.5, 0.6) is 0 Å². The second kappa shape index (κ2) is 9.84. The fraction of sp³-hybridized carbons (Fsp3) is 0. The molecule has 0 bridgehead atoms. The van der Waals surface area contributed by atoms with Gasteiger partial charge in [-0.2, -0.15) is 0 Å². The fourth-order valence-electron chi connectivity index (χ4n) is 4.87. The van der Waals surface area contributed by atoms with Crippen LogP contribution in [0.1, 0.15) is 0 Å². The number of pyridine rings is 1. The van der Waals surface area contributed by atoms with E-state index < -0.39 is 0 Å². The Morgan fingerprint density at radius 1 is 0.487 bits per heavy atom. The van der Waals surface area contributed by atoms with Crippen molar-refractivity contribution in [2.24, 2.45) is 0 Å². The van der Waals surface area contributed by atoms with Gasteiger partial charge in [0, 0.05) is 28.9 Å². The summed E-state index contributed by atoms with van der Waals surface area (Å²) in [5.74, 6) is 1.36. The zero-order chi connectivity index (χ0) is 26.0. The van der Waals surface area contributed by atoms with Crippen LogP contribution in [0.15, 0.2) is 144 Å². The van der Waals surface area contributed by atoms with E-state index in [-0.39, 0.29) is 0 Å². The minimum absolute atomic E-state index is 0.642. The molecule has 0 fully saturated rings. The molecule has 0 saturated carbocycles. The van der Waals surface area contributed by atoms with Crippen LogP contribution in [0.4, 0.5) is 0 Å². The molecule has 0 N–H and O–H groups in total. The molecule has 7 aromatic rings. The third-order valence-corrected chi connectivity index (χ3v) is 6.83. The second-order valence-electron chi connectivity index (χ2n) is 9.34. The summed E-state index contributed by atoms with van der Waals surface area (Å²) in [5.41, 5.74) is 8.80. The van der Waals surface area contributed by atoms with Crippen molar-refractivity contribution in [3.05, 3.63) is 140 Å². The van der Waals surface area contributed by atoms with Crippen LogP contribution in [0.25, 0.3) is 67.3 Å². The van der Waals surface area contributed by atoms with E-state index in [4.69, 9.17) is 14.4 Å². The van der Waals surface area contributed by atoms with Crippen LogP contribution in [-0.2, 0) is 0 Å². The lowest BCUT2D eigenvalue weighted by molar-refractivity contribution is 0.628. The standard InChI is InChI=1S/C35H23N3O/c1-2-9-25(10-3-1)29-13-5-6-14-30(29)31-22-32(34-21-27-11-4-7-15-33(27)39-34)38-35(37-31)26-18-16-24(17-19-26)28-12-8-20-36-23-28/h1-23H. The summed E-state index contributed by atoms with van der Waals surface area (Å²) in [6.07, 6.45) is 3.65. The molecule has 0 aliphatic rings. The largest absolute Gasteiger partial charge is 0.454 e. The first-order chi connectivity index (χ1) is 19.3. The predicted molar refractivity (Wildman–Crippen MR) is 157 cm³/mol. The van der Waals surface area contributed by atoms with Gasteiger partial charge in [0.2, 0.25) is 0 Å². The Kier molecular flexibility index (Phi) is 5.76. The summed E-state index contributed by atoms with van der Waals surface area (Å²) in [6, 6.07) is 43.1. The first-order valence-electron chi connectivity index (χ1n) is 12.9. The number of furan rings is 1. The van der Waals surface area contributed by atoms with Crippen molar-refractivity contribution in [2.45, 2.75) is 0 Å². The Balaban J connectivity index is 1.40. The first-order valence-corrected chi connectivity index (χ1v) is 12.9. The summed E-state index contributed by atoms with van der Waals surface area (Å²) < 4.78 is 6.23. The highest BCUT2D eigenvalue weighted by Crippen LogP contribution is 2.35. The van der Waals surface area contributed by atoms with E-state index in [9.17, 15) is 0 Å². The van der Waals surface area contributed by atoms with Crippen LogP contribution in [-0.4, -0.2) is 15.0 Å². The van der Waals surface area contributed by atoms with Gasteiger partial charge in [-0.25, -0.2) is 9.97 Å². The molecular formula is C35H23N3O. The fourth-order valence-corrected chi connectivity index (χ4v) is 4.87. The maximum absolute atomic E-state index is 6.23. The Labute approximate surface area is 226 Å². The molecule has 4 nitrogen and oxygen atoms in total. The number of fused-ring (bicyclic) bond motifs is 1. The highest BCUT2D eigenvalue weighted by molar-refractivity contribution is 5.86. The third-order valence-electron chi connectivity index (χ3n) is 6.83. The Morgan fingerprint density at radius 3 is 1.97 bits per heavy atom. The number of benzene rings is 4. The van der Waals surface area contributed by atoms with E-state index in [0.717, 1.165) is 55.7 Å². The van der Waals surface area contributed by atoms with E-state index in [2.05, 4.69) is 77.8 Å². The molecule has 0 amide bonds. The van der Waals surface area contributed by atoms with Crippen LogP contribution in [0, 0.1) is 0 Å². The maximum atomic E-state index is 6.23. The molecule has 184 valence electrons. The zero-order valence-electron chi connectivity index (χ0n) is 21.0. The minimum atomic E-state index is 0.642. The van der Waals surface area contributed by atoms with E-state index in [1.807, 2.05) is 60.8 Å². The van der Waals surface area contributed by atoms with Crippen molar-refractivity contribution in [3.63, 3.8) is 0 Å². The van der Waals surface area contributed by atoms with Gasteiger partial charge >= 0.3 is 0 Å². The molecule has 39 heavy (non-hydrogen) atoms. The summed E-state index contributed by atoms with van der Waals surface area (Å²) in [5, 5.41) is 1.04. The van der Waals surface area contributed by atoms with Crippen molar-refractivity contribution < 1.29 is 4.42 Å². The number of hydrogen-bond acceptors (Lipinski definition) is 4. The van der Waals surface area contributed by atoms with Gasteiger partial charge in [0.05, 0.1) is 5.69 Å².